The lowest BCUT2D eigenvalue weighted by atomic mass is 10.3. The Morgan fingerprint density at radius 2 is 2.20 bits per heavy atom. The van der Waals surface area contributed by atoms with Crippen LogP contribution >= 0.6 is 15.9 Å². The van der Waals surface area contributed by atoms with Crippen molar-refractivity contribution >= 4 is 26.0 Å². The Morgan fingerprint density at radius 1 is 1.45 bits per heavy atom. The maximum absolute atomic E-state index is 13.3. The zero-order valence-corrected chi connectivity index (χ0v) is 13.1. The van der Waals surface area contributed by atoms with E-state index in [0.717, 1.165) is 11.6 Å². The fraction of sp³-hybridized carbons (Fsp3) is 0.250. The summed E-state index contributed by atoms with van der Waals surface area (Å²) in [6.07, 6.45) is 3.51. The molecule has 0 spiro atoms. The van der Waals surface area contributed by atoms with Crippen LogP contribution in [0.4, 0.5) is 4.39 Å². The van der Waals surface area contributed by atoms with Gasteiger partial charge in [0, 0.05) is 12.7 Å². The van der Waals surface area contributed by atoms with Crippen LogP contribution in [0, 0.1) is 12.7 Å². The summed E-state index contributed by atoms with van der Waals surface area (Å²) in [6, 6.07) is 3.68. The van der Waals surface area contributed by atoms with E-state index in [-0.39, 0.29) is 15.9 Å². The molecule has 2 rings (SSSR count). The van der Waals surface area contributed by atoms with Gasteiger partial charge in [0.2, 0.25) is 10.0 Å². The maximum atomic E-state index is 13.3. The van der Waals surface area contributed by atoms with E-state index < -0.39 is 15.8 Å². The molecule has 0 unspecified atom stereocenters. The molecule has 0 fully saturated rings. The third-order valence-corrected chi connectivity index (χ3v) is 4.70. The van der Waals surface area contributed by atoms with Gasteiger partial charge in [0.1, 0.15) is 5.82 Å². The summed E-state index contributed by atoms with van der Waals surface area (Å²) in [7, 11) is -3.71. The summed E-state index contributed by atoms with van der Waals surface area (Å²) in [5.41, 5.74) is 1.00. The average molecular weight is 362 g/mol. The zero-order chi connectivity index (χ0) is 14.8. The third-order valence-electron chi connectivity index (χ3n) is 2.60. The van der Waals surface area contributed by atoms with Crippen molar-refractivity contribution in [3.05, 3.63) is 46.4 Å². The maximum Gasteiger partial charge on any atom is 0.240 e. The topological polar surface area (TPSA) is 64.0 Å². The lowest BCUT2D eigenvalue weighted by Crippen LogP contribution is -2.27. The molecule has 108 valence electrons. The normalized spacial score (nSPS) is 11.8. The number of nitrogens with one attached hydrogen (secondary N) is 1. The van der Waals surface area contributed by atoms with Crippen LogP contribution in [0.25, 0.3) is 0 Å². The highest BCUT2D eigenvalue weighted by Crippen LogP contribution is 2.19. The molecule has 0 atom stereocenters. The van der Waals surface area contributed by atoms with Crippen molar-refractivity contribution in [2.75, 3.05) is 6.54 Å². The predicted molar refractivity (Wildman–Crippen MR) is 76.3 cm³/mol. The van der Waals surface area contributed by atoms with Crippen LogP contribution in [0.3, 0.4) is 0 Å². The largest absolute Gasteiger partial charge is 0.271 e. The van der Waals surface area contributed by atoms with Gasteiger partial charge in [0.25, 0.3) is 0 Å². The van der Waals surface area contributed by atoms with E-state index in [0.29, 0.717) is 6.54 Å². The van der Waals surface area contributed by atoms with Gasteiger partial charge in [0.15, 0.2) is 0 Å². The molecular formula is C12H13BrFN3O2S. The minimum atomic E-state index is -3.71. The molecule has 1 aromatic carbocycles. The van der Waals surface area contributed by atoms with E-state index in [2.05, 4.69) is 25.8 Å². The van der Waals surface area contributed by atoms with Crippen molar-refractivity contribution in [1.82, 2.24) is 14.5 Å². The number of benzene rings is 1. The molecule has 8 heteroatoms. The molecule has 1 N–H and O–H groups in total. The first-order valence-electron chi connectivity index (χ1n) is 5.82. The minimum Gasteiger partial charge on any atom is -0.271 e. The molecular weight excluding hydrogens is 349 g/mol. The summed E-state index contributed by atoms with van der Waals surface area (Å²) >= 11 is 2.98. The SMILES string of the molecule is Cc1cnn(CCNS(=O)(=O)c2ccc(Br)c(F)c2)c1. The standard InChI is InChI=1S/C12H13BrFN3O2S/c1-9-7-15-17(8-9)5-4-16-20(18,19)10-2-3-11(13)12(14)6-10/h2-3,6-8,16H,4-5H2,1H3. The number of rotatable bonds is 5. The van der Waals surface area contributed by atoms with Gasteiger partial charge in [0.05, 0.1) is 22.1 Å². The summed E-state index contributed by atoms with van der Waals surface area (Å²) in [5.74, 6) is -0.615. The number of halogens is 2. The summed E-state index contributed by atoms with van der Waals surface area (Å²) < 4.78 is 41.6. The summed E-state index contributed by atoms with van der Waals surface area (Å²) in [6.45, 7) is 2.49. The first-order chi connectivity index (χ1) is 9.38. The van der Waals surface area contributed by atoms with Crippen LogP contribution in [0.5, 0.6) is 0 Å². The van der Waals surface area contributed by atoms with Crippen molar-refractivity contribution in [1.29, 1.82) is 0 Å². The van der Waals surface area contributed by atoms with Gasteiger partial charge < -0.3 is 0 Å². The van der Waals surface area contributed by atoms with Crippen LogP contribution < -0.4 is 4.72 Å². The minimum absolute atomic E-state index is 0.102. The molecule has 1 heterocycles. The highest BCUT2D eigenvalue weighted by atomic mass is 79.9. The third kappa shape index (κ3) is 3.65. The molecule has 0 saturated carbocycles. The molecule has 1 aromatic heterocycles. The Bertz CT molecular complexity index is 715. The number of hydrogen-bond acceptors (Lipinski definition) is 3. The average Bonchev–Trinajstić information content (AvgIpc) is 2.78. The second-order valence-corrected chi connectivity index (χ2v) is 6.88. The van der Waals surface area contributed by atoms with E-state index in [1.54, 1.807) is 10.9 Å². The van der Waals surface area contributed by atoms with Gasteiger partial charge in [-0.05, 0) is 46.6 Å². The monoisotopic (exact) mass is 361 g/mol. The molecule has 2 aromatic rings. The van der Waals surface area contributed by atoms with E-state index >= 15 is 0 Å². The summed E-state index contributed by atoms with van der Waals surface area (Å²) in [5, 5.41) is 4.05. The lowest BCUT2D eigenvalue weighted by Gasteiger charge is -2.07. The Labute approximate surface area is 125 Å². The second-order valence-electron chi connectivity index (χ2n) is 4.25. The van der Waals surface area contributed by atoms with Gasteiger partial charge in [-0.25, -0.2) is 17.5 Å². The van der Waals surface area contributed by atoms with Crippen molar-refractivity contribution in [3.63, 3.8) is 0 Å². The van der Waals surface area contributed by atoms with Gasteiger partial charge in [-0.2, -0.15) is 5.10 Å². The van der Waals surface area contributed by atoms with Crippen molar-refractivity contribution < 1.29 is 12.8 Å². The molecule has 0 aliphatic rings. The molecule has 0 amide bonds. The zero-order valence-electron chi connectivity index (χ0n) is 10.7. The molecule has 5 nitrogen and oxygen atoms in total. The first kappa shape index (κ1) is 15.1. The van der Waals surface area contributed by atoms with Gasteiger partial charge >= 0.3 is 0 Å². The van der Waals surface area contributed by atoms with Crippen LogP contribution in [-0.4, -0.2) is 24.7 Å². The second kappa shape index (κ2) is 6.02. The number of aryl methyl sites for hydroxylation is 1. The van der Waals surface area contributed by atoms with Crippen molar-refractivity contribution in [2.24, 2.45) is 0 Å². The van der Waals surface area contributed by atoms with Crippen molar-refractivity contribution in [2.45, 2.75) is 18.4 Å². The Hall–Kier alpha value is -1.25. The van der Waals surface area contributed by atoms with Gasteiger partial charge in [-0.1, -0.05) is 0 Å². The Morgan fingerprint density at radius 3 is 2.80 bits per heavy atom. The predicted octanol–water partition coefficient (Wildman–Crippen LogP) is 2.07. The number of nitrogens with zero attached hydrogens (tertiary/aromatic N) is 2. The summed E-state index contributed by atoms with van der Waals surface area (Å²) in [4.78, 5) is -0.102. The van der Waals surface area contributed by atoms with Crippen molar-refractivity contribution in [3.8, 4) is 0 Å². The van der Waals surface area contributed by atoms with Crippen LogP contribution in [0.15, 0.2) is 40.0 Å². The molecule has 0 bridgehead atoms. The molecule has 20 heavy (non-hydrogen) atoms. The van der Waals surface area contributed by atoms with Crippen LogP contribution in [0.2, 0.25) is 0 Å². The molecule has 0 radical (unpaired) electrons. The highest BCUT2D eigenvalue weighted by molar-refractivity contribution is 9.10. The van der Waals surface area contributed by atoms with Gasteiger partial charge in [-0.15, -0.1) is 0 Å². The Balaban J connectivity index is 2.02. The Kier molecular flexibility index (Phi) is 4.56. The lowest BCUT2D eigenvalue weighted by molar-refractivity contribution is 0.558. The molecule has 0 saturated heterocycles. The quantitative estimate of drug-likeness (QED) is 0.886. The molecule has 0 aliphatic heterocycles. The first-order valence-corrected chi connectivity index (χ1v) is 8.10. The van der Waals surface area contributed by atoms with E-state index in [4.69, 9.17) is 0 Å². The fourth-order valence-corrected chi connectivity index (χ4v) is 2.89. The van der Waals surface area contributed by atoms with E-state index in [1.165, 1.54) is 12.1 Å². The smallest absolute Gasteiger partial charge is 0.240 e. The van der Waals surface area contributed by atoms with Crippen LogP contribution in [-0.2, 0) is 16.6 Å². The van der Waals surface area contributed by atoms with E-state index in [1.807, 2.05) is 13.1 Å². The van der Waals surface area contributed by atoms with Crippen LogP contribution in [0.1, 0.15) is 5.56 Å². The fourth-order valence-electron chi connectivity index (χ4n) is 1.61. The van der Waals surface area contributed by atoms with Gasteiger partial charge in [-0.3, -0.25) is 4.68 Å². The number of aromatic nitrogens is 2. The number of sulfonamides is 1. The number of hydrogen-bond donors (Lipinski definition) is 1. The molecule has 0 aliphatic carbocycles. The van der Waals surface area contributed by atoms with E-state index in [9.17, 15) is 12.8 Å². The highest BCUT2D eigenvalue weighted by Gasteiger charge is 2.15.